The highest BCUT2D eigenvalue weighted by atomic mass is 32.1. The molecule has 0 saturated heterocycles. The van der Waals surface area contributed by atoms with E-state index in [1.54, 1.807) is 13.8 Å². The molecular weight excluding hydrogens is 274 g/mol. The lowest BCUT2D eigenvalue weighted by Gasteiger charge is -2.13. The van der Waals surface area contributed by atoms with E-state index in [1.165, 1.54) is 0 Å². The normalized spacial score (nSPS) is 13.3. The van der Waals surface area contributed by atoms with Crippen molar-refractivity contribution in [3.05, 3.63) is 58.3 Å². The minimum absolute atomic E-state index is 0.429. The molecule has 1 aromatic carbocycles. The molecular formula is C16H16FPS. The van der Waals surface area contributed by atoms with Crippen LogP contribution in [0.25, 0.3) is 5.57 Å². The standard InChI is InChI=1S/C16H16FPS/c1-5-15(12(4)19)16(10(2)11(3)17)13-6-8-14(18)9-7-13/h1,6-9,19H,3,18H2,2,4H3/b15-12+,16-10-. The molecule has 19 heavy (non-hydrogen) atoms. The van der Waals surface area contributed by atoms with E-state index in [0.717, 1.165) is 10.9 Å². The molecule has 1 aromatic rings. The van der Waals surface area contributed by atoms with E-state index in [1.807, 2.05) is 24.3 Å². The van der Waals surface area contributed by atoms with Gasteiger partial charge in [0.05, 0.1) is 0 Å². The summed E-state index contributed by atoms with van der Waals surface area (Å²) >= 11 is 4.29. The molecule has 0 saturated carbocycles. The zero-order chi connectivity index (χ0) is 14.6. The van der Waals surface area contributed by atoms with Gasteiger partial charge in [-0.15, -0.1) is 28.3 Å². The van der Waals surface area contributed by atoms with Gasteiger partial charge in [0.15, 0.2) is 0 Å². The second kappa shape index (κ2) is 6.75. The molecule has 98 valence electrons. The highest BCUT2D eigenvalue weighted by Gasteiger charge is 2.13. The first-order chi connectivity index (χ1) is 8.88. The first-order valence-electron chi connectivity index (χ1n) is 5.66. The van der Waals surface area contributed by atoms with E-state index < -0.39 is 5.83 Å². The summed E-state index contributed by atoms with van der Waals surface area (Å²) < 4.78 is 13.5. The van der Waals surface area contributed by atoms with Gasteiger partial charge in [0.25, 0.3) is 0 Å². The second-order valence-electron chi connectivity index (χ2n) is 4.13. The van der Waals surface area contributed by atoms with Gasteiger partial charge >= 0.3 is 0 Å². The van der Waals surface area contributed by atoms with Crippen molar-refractivity contribution in [2.75, 3.05) is 0 Å². The summed E-state index contributed by atoms with van der Waals surface area (Å²) in [5, 5.41) is 1.05. The van der Waals surface area contributed by atoms with Gasteiger partial charge in [-0.05, 0) is 35.2 Å². The van der Waals surface area contributed by atoms with Gasteiger partial charge in [0.2, 0.25) is 0 Å². The molecule has 1 atom stereocenters. The summed E-state index contributed by atoms with van der Waals surface area (Å²) in [6, 6.07) is 7.66. The van der Waals surface area contributed by atoms with E-state index in [9.17, 15) is 4.39 Å². The fourth-order valence-corrected chi connectivity index (χ4v) is 2.06. The van der Waals surface area contributed by atoms with Crippen molar-refractivity contribution < 1.29 is 4.39 Å². The van der Waals surface area contributed by atoms with Crippen molar-refractivity contribution in [3.63, 3.8) is 0 Å². The van der Waals surface area contributed by atoms with Crippen LogP contribution in [-0.2, 0) is 0 Å². The summed E-state index contributed by atoms with van der Waals surface area (Å²) in [6.07, 6.45) is 5.53. The van der Waals surface area contributed by atoms with E-state index in [-0.39, 0.29) is 0 Å². The Bertz CT molecular complexity index is 597. The molecule has 0 N–H and O–H groups in total. The summed E-state index contributed by atoms with van der Waals surface area (Å²) in [6.45, 7) is 6.81. The number of terminal acetylenes is 1. The molecule has 0 amide bonds. The maximum absolute atomic E-state index is 13.5. The second-order valence-corrected chi connectivity index (χ2v) is 5.47. The van der Waals surface area contributed by atoms with Gasteiger partial charge in [0, 0.05) is 11.1 Å². The number of thiol groups is 1. The zero-order valence-corrected chi connectivity index (χ0v) is 13.0. The topological polar surface area (TPSA) is 0 Å². The first kappa shape index (κ1) is 15.8. The third kappa shape index (κ3) is 3.83. The Labute approximate surface area is 122 Å². The maximum Gasteiger partial charge on any atom is 0.119 e. The Morgan fingerprint density at radius 3 is 2.21 bits per heavy atom. The van der Waals surface area contributed by atoms with Crippen molar-refractivity contribution >= 4 is 32.7 Å². The molecule has 0 fully saturated rings. The van der Waals surface area contributed by atoms with Crippen LogP contribution < -0.4 is 5.30 Å². The Hall–Kier alpha value is -1.29. The quantitative estimate of drug-likeness (QED) is 0.365. The lowest BCUT2D eigenvalue weighted by molar-refractivity contribution is 0.657. The summed E-state index contributed by atoms with van der Waals surface area (Å²) in [5.41, 5.74) is 2.52. The van der Waals surface area contributed by atoms with Gasteiger partial charge < -0.3 is 0 Å². The molecule has 0 heterocycles. The predicted molar refractivity (Wildman–Crippen MR) is 89.1 cm³/mol. The fourth-order valence-electron chi connectivity index (χ4n) is 1.69. The maximum atomic E-state index is 13.5. The average Bonchev–Trinajstić information content (AvgIpc) is 2.35. The number of hydrogen-bond acceptors (Lipinski definition) is 1. The lowest BCUT2D eigenvalue weighted by Crippen LogP contribution is -1.97. The predicted octanol–water partition coefficient (Wildman–Crippen LogP) is 4.28. The van der Waals surface area contributed by atoms with Gasteiger partial charge in [-0.25, -0.2) is 4.39 Å². The molecule has 0 radical (unpaired) electrons. The molecule has 1 rings (SSSR count). The molecule has 0 nitrogen and oxygen atoms in total. The lowest BCUT2D eigenvalue weighted by atomic mass is 9.93. The highest BCUT2D eigenvalue weighted by Crippen LogP contribution is 2.32. The van der Waals surface area contributed by atoms with Crippen LogP contribution in [0.5, 0.6) is 0 Å². The largest absolute Gasteiger partial charge is 0.207 e. The molecule has 0 aliphatic rings. The van der Waals surface area contributed by atoms with Crippen molar-refractivity contribution in [2.24, 2.45) is 0 Å². The number of hydrogen-bond donors (Lipinski definition) is 1. The summed E-state index contributed by atoms with van der Waals surface area (Å²) in [5.74, 6) is 2.09. The minimum atomic E-state index is -0.493. The van der Waals surface area contributed by atoms with Gasteiger partial charge in [-0.3, -0.25) is 0 Å². The molecule has 0 bridgehead atoms. The van der Waals surface area contributed by atoms with E-state index >= 15 is 0 Å². The number of benzene rings is 1. The highest BCUT2D eigenvalue weighted by molar-refractivity contribution is 7.84. The monoisotopic (exact) mass is 290 g/mol. The van der Waals surface area contributed by atoms with Crippen molar-refractivity contribution in [1.82, 2.24) is 0 Å². The van der Waals surface area contributed by atoms with Gasteiger partial charge in [-0.1, -0.05) is 36.8 Å². The van der Waals surface area contributed by atoms with E-state index in [4.69, 9.17) is 6.42 Å². The molecule has 0 aliphatic carbocycles. The average molecular weight is 290 g/mol. The van der Waals surface area contributed by atoms with Crippen LogP contribution >= 0.6 is 21.9 Å². The number of halogens is 1. The SMILES string of the molecule is C#CC(/C(=C(/C)C(=C)F)c1ccc(P)cc1)=C(/C)S. The molecule has 1 unspecified atom stereocenters. The van der Waals surface area contributed by atoms with Crippen LogP contribution in [0, 0.1) is 12.3 Å². The van der Waals surface area contributed by atoms with Crippen LogP contribution in [-0.4, -0.2) is 0 Å². The van der Waals surface area contributed by atoms with Crippen LogP contribution in [0.1, 0.15) is 19.4 Å². The van der Waals surface area contributed by atoms with Gasteiger partial charge in [-0.2, -0.15) is 0 Å². The minimum Gasteiger partial charge on any atom is -0.207 e. The molecule has 0 aromatic heterocycles. The third-order valence-electron chi connectivity index (χ3n) is 2.74. The molecule has 3 heteroatoms. The third-order valence-corrected chi connectivity index (χ3v) is 3.35. The van der Waals surface area contributed by atoms with Crippen molar-refractivity contribution in [3.8, 4) is 12.3 Å². The zero-order valence-electron chi connectivity index (χ0n) is 11.0. The van der Waals surface area contributed by atoms with Crippen LogP contribution in [0.4, 0.5) is 4.39 Å². The smallest absolute Gasteiger partial charge is 0.119 e. The van der Waals surface area contributed by atoms with E-state index in [0.29, 0.717) is 21.6 Å². The Kier molecular flexibility index (Phi) is 5.60. The van der Waals surface area contributed by atoms with Crippen LogP contribution in [0.3, 0.4) is 0 Å². The number of rotatable bonds is 3. The summed E-state index contributed by atoms with van der Waals surface area (Å²) in [4.78, 5) is 0.674. The Morgan fingerprint density at radius 2 is 1.84 bits per heavy atom. The Morgan fingerprint density at radius 1 is 1.32 bits per heavy atom. The van der Waals surface area contributed by atoms with Gasteiger partial charge in [0.1, 0.15) is 5.83 Å². The molecule has 0 spiro atoms. The van der Waals surface area contributed by atoms with E-state index in [2.05, 4.69) is 34.4 Å². The number of allylic oxidation sites excluding steroid dienone is 5. The summed E-state index contributed by atoms with van der Waals surface area (Å²) in [7, 11) is 2.61. The van der Waals surface area contributed by atoms with Crippen LogP contribution in [0.2, 0.25) is 0 Å². The van der Waals surface area contributed by atoms with Crippen molar-refractivity contribution in [2.45, 2.75) is 13.8 Å². The van der Waals surface area contributed by atoms with Crippen LogP contribution in [0.15, 0.2) is 52.7 Å². The Balaban J connectivity index is 3.60. The molecule has 0 aliphatic heterocycles. The fraction of sp³-hybridized carbons (Fsp3) is 0.125. The first-order valence-corrected chi connectivity index (χ1v) is 6.69. The van der Waals surface area contributed by atoms with Crippen molar-refractivity contribution in [1.29, 1.82) is 0 Å².